The fourth-order valence-corrected chi connectivity index (χ4v) is 20.3. The monoisotopic (exact) mass is 1190 g/mol. The number of aromatic nitrogens is 1. The molecule has 2 aliphatic heterocycles. The summed E-state index contributed by atoms with van der Waals surface area (Å²) in [5.41, 5.74) is 16.6. The van der Waals surface area contributed by atoms with E-state index in [1.165, 1.54) is 47.9 Å². The standard InChI is InChI=1S/C71H91N3O9S2/c1-2-43-27-48-31-62(79)65(83-66-32-49(28-51-15-10-23-73-51)53-19-24-74-69(72)60(53)42-85-84-41-50(39-76)68(66)81)34-55(48)57-33-63(80)67-46(30-54(43)57)18-22-71(36-52(78)16-17-64(67)82-26-25-75)38-58(44-11-4-3-5-12-44)56-29-45-13-6-7-14-47(45)35-70(20-8-9-21-70)37-59(56)61(71)40-77/h3-7,10-15,19,23,30-31,34,43,46,49-50,52,56-59,61,63-64,66-68,73-81H,2,8-9,16-17,20-21,24-29,32-33,35-42,72H2,1H3/t43-,46-,49+,50-,52-,56-,57+,58-,59-,61-,63+,64-,66-,67-,68-,71+/m0/s1. The van der Waals surface area contributed by atoms with Crippen LogP contribution in [0.2, 0.25) is 0 Å². The van der Waals surface area contributed by atoms with Crippen LogP contribution >= 0.6 is 21.6 Å². The smallest absolute Gasteiger partial charge is 0.161 e. The lowest BCUT2D eigenvalue weighted by molar-refractivity contribution is -0.0747. The molecule has 0 radical (unpaired) electrons. The molecular formula is C71H91N3O9S2. The molecule has 11 N–H and O–H groups in total. The van der Waals surface area contributed by atoms with E-state index in [9.17, 15) is 35.7 Å². The average molecular weight is 1190 g/mol. The normalized spacial score (nSPS) is 34.7. The molecule has 14 heteroatoms. The Morgan fingerprint density at radius 1 is 0.824 bits per heavy atom. The van der Waals surface area contributed by atoms with Crippen LogP contribution in [0.15, 0.2) is 120 Å². The quantitative estimate of drug-likeness (QED) is 0.0385. The van der Waals surface area contributed by atoms with Crippen molar-refractivity contribution >= 4 is 21.6 Å². The second-order valence-electron chi connectivity index (χ2n) is 26.7. The van der Waals surface area contributed by atoms with Gasteiger partial charge in [0.25, 0.3) is 0 Å². The first-order chi connectivity index (χ1) is 41.4. The van der Waals surface area contributed by atoms with Crippen LogP contribution in [0.1, 0.15) is 129 Å². The Morgan fingerprint density at radius 2 is 1.64 bits per heavy atom. The molecule has 3 heterocycles. The largest absolute Gasteiger partial charge is 0.504 e. The van der Waals surface area contributed by atoms with Crippen molar-refractivity contribution in [3.63, 3.8) is 0 Å². The number of benzene rings is 3. The van der Waals surface area contributed by atoms with Crippen LogP contribution in [0.4, 0.5) is 0 Å². The Kier molecular flexibility index (Phi) is 19.0. The Balaban J connectivity index is 0.951. The number of aromatic amines is 1. The van der Waals surface area contributed by atoms with Gasteiger partial charge >= 0.3 is 0 Å². The number of nitrogens with two attached hydrogens (primary N) is 1. The molecule has 2 spiro atoms. The zero-order chi connectivity index (χ0) is 58.8. The molecule has 85 heavy (non-hydrogen) atoms. The van der Waals surface area contributed by atoms with E-state index in [2.05, 4.69) is 102 Å². The molecule has 16 atom stereocenters. The van der Waals surface area contributed by atoms with Gasteiger partial charge in [0.15, 0.2) is 11.5 Å². The number of nitrogens with one attached hydrogen (secondary N) is 2. The molecule has 3 aromatic carbocycles. The second-order valence-corrected chi connectivity index (χ2v) is 29.3. The van der Waals surface area contributed by atoms with Gasteiger partial charge in [-0.3, -0.25) is 0 Å². The summed E-state index contributed by atoms with van der Waals surface area (Å²) in [6, 6.07) is 27.9. The number of aliphatic hydroxyl groups is 6. The number of hydrogen-bond donors (Lipinski definition) is 10. The van der Waals surface area contributed by atoms with Crippen LogP contribution < -0.4 is 15.8 Å². The first-order valence-electron chi connectivity index (χ1n) is 32.1. The summed E-state index contributed by atoms with van der Waals surface area (Å²) in [5.74, 6) is 8.54. The Bertz CT molecular complexity index is 3100. The minimum atomic E-state index is -1.08. The highest BCUT2D eigenvalue weighted by atomic mass is 33.1. The lowest BCUT2D eigenvalue weighted by Gasteiger charge is -2.56. The predicted octanol–water partition coefficient (Wildman–Crippen LogP) is 10.1. The molecule has 3 fully saturated rings. The van der Waals surface area contributed by atoms with Crippen molar-refractivity contribution < 1.29 is 45.2 Å². The molecule has 456 valence electrons. The predicted molar refractivity (Wildman–Crippen MR) is 337 cm³/mol. The third kappa shape index (κ3) is 12.6. The molecule has 0 amide bonds. The molecule has 1 aromatic heterocycles. The van der Waals surface area contributed by atoms with Gasteiger partial charge in [-0.15, -0.1) is 0 Å². The molecule has 12 rings (SSSR count). The van der Waals surface area contributed by atoms with E-state index >= 15 is 0 Å². The minimum Gasteiger partial charge on any atom is -0.504 e. The lowest BCUT2D eigenvalue weighted by Crippen LogP contribution is -2.52. The molecule has 2 saturated carbocycles. The van der Waals surface area contributed by atoms with Crippen LogP contribution in [-0.2, 0) is 30.4 Å². The zero-order valence-electron chi connectivity index (χ0n) is 49.5. The van der Waals surface area contributed by atoms with Gasteiger partial charge in [-0.05, 0) is 183 Å². The highest BCUT2D eigenvalue weighted by Crippen LogP contribution is 2.62. The van der Waals surface area contributed by atoms with E-state index in [1.807, 2.05) is 24.4 Å². The number of aromatic hydroxyl groups is 1. The van der Waals surface area contributed by atoms with Crippen molar-refractivity contribution in [1.29, 1.82) is 0 Å². The van der Waals surface area contributed by atoms with Gasteiger partial charge in [0, 0.05) is 83.7 Å². The summed E-state index contributed by atoms with van der Waals surface area (Å²) < 4.78 is 13.7. The fourth-order valence-electron chi connectivity index (χ4n) is 17.8. The average Bonchev–Trinajstić information content (AvgIpc) is 1.92. The lowest BCUT2D eigenvalue weighted by atomic mass is 9.48. The Morgan fingerprint density at radius 3 is 2.40 bits per heavy atom. The van der Waals surface area contributed by atoms with E-state index in [0.717, 1.165) is 53.7 Å². The van der Waals surface area contributed by atoms with E-state index in [0.29, 0.717) is 75.2 Å². The van der Waals surface area contributed by atoms with Crippen molar-refractivity contribution in [2.45, 2.75) is 152 Å². The number of ether oxygens (including phenoxy) is 2. The summed E-state index contributed by atoms with van der Waals surface area (Å²) >= 11 is 0. The van der Waals surface area contributed by atoms with Gasteiger partial charge in [0.05, 0.1) is 37.6 Å². The molecule has 0 bridgehead atoms. The molecule has 4 aromatic rings. The molecule has 1 saturated heterocycles. The third-order valence-electron chi connectivity index (χ3n) is 22.0. The first-order valence-corrected chi connectivity index (χ1v) is 34.6. The molecular weight excluding hydrogens is 1100 g/mol. The molecule has 8 aliphatic rings. The molecule has 0 unspecified atom stereocenters. The van der Waals surface area contributed by atoms with E-state index in [1.54, 1.807) is 21.6 Å². The van der Waals surface area contributed by atoms with Crippen LogP contribution in [0.3, 0.4) is 0 Å². The van der Waals surface area contributed by atoms with E-state index in [-0.39, 0.29) is 84.8 Å². The van der Waals surface area contributed by atoms with Gasteiger partial charge in [-0.1, -0.05) is 126 Å². The maximum atomic E-state index is 13.2. The highest BCUT2D eigenvalue weighted by molar-refractivity contribution is 8.76. The van der Waals surface area contributed by atoms with Gasteiger partial charge in [-0.2, -0.15) is 0 Å². The number of phenolic OH excluding ortho intramolecular Hbond substituents is 1. The maximum Gasteiger partial charge on any atom is 0.161 e. The van der Waals surface area contributed by atoms with Gasteiger partial charge in [-0.25, -0.2) is 0 Å². The van der Waals surface area contributed by atoms with Gasteiger partial charge < -0.3 is 61.3 Å². The van der Waals surface area contributed by atoms with Crippen molar-refractivity contribution in [3.05, 3.63) is 153 Å². The summed E-state index contributed by atoms with van der Waals surface area (Å²) in [7, 11) is 3.26. The summed E-state index contributed by atoms with van der Waals surface area (Å²) in [6.07, 6.45) is 15.0. The summed E-state index contributed by atoms with van der Waals surface area (Å²) in [5, 5.41) is 87.0. The van der Waals surface area contributed by atoms with Crippen LogP contribution in [0, 0.1) is 70.0 Å². The Hall–Kier alpha value is -4.66. The first kappa shape index (κ1) is 60.6. The highest BCUT2D eigenvalue weighted by Gasteiger charge is 2.56. The third-order valence-corrected chi connectivity index (χ3v) is 24.4. The molecule has 12 nitrogen and oxygen atoms in total. The number of dihydropyridines is 1. The fraction of sp³-hybridized carbons (Fsp3) is 0.577. The molecule has 6 aliphatic carbocycles. The van der Waals surface area contributed by atoms with E-state index < -0.39 is 53.7 Å². The minimum absolute atomic E-state index is 0.0234. The van der Waals surface area contributed by atoms with Gasteiger partial charge in [0.1, 0.15) is 11.9 Å². The number of fused-ring (bicyclic) bond motifs is 7. The van der Waals surface area contributed by atoms with Gasteiger partial charge in [0.2, 0.25) is 0 Å². The van der Waals surface area contributed by atoms with Crippen molar-refractivity contribution in [3.8, 4) is 23.3 Å². The Labute approximate surface area is 511 Å². The van der Waals surface area contributed by atoms with Crippen molar-refractivity contribution in [1.82, 2.24) is 10.3 Å². The maximum absolute atomic E-state index is 13.2. The second kappa shape index (κ2) is 26.6. The van der Waals surface area contributed by atoms with Crippen molar-refractivity contribution in [2.24, 2.45) is 63.9 Å². The number of allylic oxidation sites excluding steroid dienone is 3. The SMILES string of the molecule is CC[C@H]1Cc2cc(O)c(O[C@H]3C[C@@H](Cc4ccc[nH]4)C4=CCNC(N)=C4CSSC[C@H](CO)[C@@H]3O)cc2[C@@H]2C[C@@H](O)[C@H]3[C@@H](OCCO)CC[C@H](O)C[C@]4(C#C[C@H]3C=C12)C[C@@H](c1ccccc1)[C@@H]1Cc2ccccc2CC2(CCCC2)C[C@@H]1[C@@H]4CO. The summed E-state index contributed by atoms with van der Waals surface area (Å²) in [4.78, 5) is 3.39. The van der Waals surface area contributed by atoms with Crippen molar-refractivity contribution in [2.75, 3.05) is 44.5 Å². The number of H-pyrrole nitrogens is 1. The van der Waals surface area contributed by atoms with E-state index in [4.69, 9.17) is 15.2 Å². The topological polar surface area (TPSA) is 214 Å². The number of phenols is 1. The number of rotatable bonds is 11. The zero-order valence-corrected chi connectivity index (χ0v) is 51.1. The van der Waals surface area contributed by atoms with Crippen LogP contribution in [0.25, 0.3) is 0 Å². The summed E-state index contributed by atoms with van der Waals surface area (Å²) in [6.45, 7) is 2.41. The van der Waals surface area contributed by atoms with Crippen LogP contribution in [0.5, 0.6) is 11.5 Å². The number of hydrogen-bond acceptors (Lipinski definition) is 13. The number of aliphatic hydroxyl groups excluding tert-OH is 6. The van der Waals surface area contributed by atoms with Crippen LogP contribution in [-0.4, -0.2) is 116 Å².